The lowest BCUT2D eigenvalue weighted by molar-refractivity contribution is 0.355. The molecule has 1 aromatic heterocycles. The highest BCUT2D eigenvalue weighted by Crippen LogP contribution is 2.37. The van der Waals surface area contributed by atoms with Crippen molar-refractivity contribution in [3.63, 3.8) is 0 Å². The van der Waals surface area contributed by atoms with Gasteiger partial charge in [0.05, 0.1) is 42.1 Å². The second-order valence-electron chi connectivity index (χ2n) is 6.46. The van der Waals surface area contributed by atoms with Crippen molar-refractivity contribution in [1.29, 1.82) is 5.41 Å². The number of aliphatic hydroxyl groups is 1. The third-order valence-corrected chi connectivity index (χ3v) is 6.31. The highest BCUT2D eigenvalue weighted by Gasteiger charge is 2.31. The second-order valence-corrected chi connectivity index (χ2v) is 8.14. The highest BCUT2D eigenvalue weighted by atomic mass is 35.5. The van der Waals surface area contributed by atoms with E-state index in [9.17, 15) is 5.11 Å². The van der Waals surface area contributed by atoms with Crippen LogP contribution in [0.2, 0.25) is 10.0 Å². The number of nitrogens with one attached hydrogen (secondary N) is 1. The zero-order valence-corrected chi connectivity index (χ0v) is 18.4. The summed E-state index contributed by atoms with van der Waals surface area (Å²) in [5, 5.41) is 22.4. The molecule has 0 atom stereocenters. The Bertz CT molecular complexity index is 1180. The van der Waals surface area contributed by atoms with Gasteiger partial charge in [-0.05, 0) is 36.4 Å². The number of amidine groups is 1. The molecule has 0 saturated heterocycles. The van der Waals surface area contributed by atoms with Crippen molar-refractivity contribution in [2.75, 3.05) is 25.7 Å². The van der Waals surface area contributed by atoms with Crippen LogP contribution in [0.1, 0.15) is 5.01 Å². The summed E-state index contributed by atoms with van der Waals surface area (Å²) in [4.78, 5) is 6.30. The standard InChI is InChI=1S/C21H17Cl2N3O3S/c1-28-17-6-3-11(7-18(17)29-2)15-10-30-21(25-15)19-16(27)9-26(20(19)24)12-4-5-13(22)14(23)8-12/h3-8,10,24,27H,9H2,1-2H3. The SMILES string of the molecule is COc1ccc(-c2csc(C3=C(O)CN(c4ccc(Cl)c(Cl)c4)C3=N)n2)cc1OC. The molecule has 2 heterocycles. The van der Waals surface area contributed by atoms with E-state index >= 15 is 0 Å². The fourth-order valence-electron chi connectivity index (χ4n) is 3.19. The Morgan fingerprint density at radius 1 is 1.07 bits per heavy atom. The lowest BCUT2D eigenvalue weighted by atomic mass is 10.1. The Labute approximate surface area is 187 Å². The zero-order chi connectivity index (χ0) is 21.4. The Kier molecular flexibility index (Phi) is 5.60. The van der Waals surface area contributed by atoms with Crippen LogP contribution in [0.5, 0.6) is 11.5 Å². The molecule has 6 nitrogen and oxygen atoms in total. The first-order valence-electron chi connectivity index (χ1n) is 8.85. The van der Waals surface area contributed by atoms with Gasteiger partial charge in [-0.15, -0.1) is 11.3 Å². The molecule has 0 unspecified atom stereocenters. The van der Waals surface area contributed by atoms with E-state index in [1.54, 1.807) is 37.3 Å². The summed E-state index contributed by atoms with van der Waals surface area (Å²) in [6.45, 7) is 0.164. The normalized spacial score (nSPS) is 13.9. The van der Waals surface area contributed by atoms with Gasteiger partial charge in [0.2, 0.25) is 0 Å². The predicted octanol–water partition coefficient (Wildman–Crippen LogP) is 5.90. The molecule has 154 valence electrons. The lowest BCUT2D eigenvalue weighted by Crippen LogP contribution is -2.25. The van der Waals surface area contributed by atoms with Gasteiger partial charge < -0.3 is 19.5 Å². The van der Waals surface area contributed by atoms with Crippen LogP contribution < -0.4 is 14.4 Å². The molecule has 0 radical (unpaired) electrons. The molecular weight excluding hydrogens is 445 g/mol. The van der Waals surface area contributed by atoms with Gasteiger partial charge in [-0.25, -0.2) is 4.98 Å². The summed E-state index contributed by atoms with van der Waals surface area (Å²) in [6.07, 6.45) is 0. The van der Waals surface area contributed by atoms with E-state index in [-0.39, 0.29) is 18.1 Å². The largest absolute Gasteiger partial charge is 0.510 e. The van der Waals surface area contributed by atoms with Gasteiger partial charge in [-0.3, -0.25) is 5.41 Å². The van der Waals surface area contributed by atoms with Crippen LogP contribution in [0.15, 0.2) is 47.5 Å². The second kappa shape index (κ2) is 8.18. The van der Waals surface area contributed by atoms with E-state index in [4.69, 9.17) is 38.1 Å². The molecule has 2 aromatic carbocycles. The Morgan fingerprint density at radius 2 is 1.83 bits per heavy atom. The van der Waals surface area contributed by atoms with Crippen molar-refractivity contribution in [2.45, 2.75) is 0 Å². The van der Waals surface area contributed by atoms with E-state index in [0.717, 1.165) is 11.3 Å². The minimum absolute atomic E-state index is 0.0827. The average Bonchev–Trinajstić information content (AvgIpc) is 3.33. The smallest absolute Gasteiger partial charge is 0.161 e. The lowest BCUT2D eigenvalue weighted by Gasteiger charge is -2.19. The topological polar surface area (TPSA) is 78.7 Å². The summed E-state index contributed by atoms with van der Waals surface area (Å²) in [6, 6.07) is 10.6. The number of anilines is 1. The minimum Gasteiger partial charge on any atom is -0.510 e. The van der Waals surface area contributed by atoms with Gasteiger partial charge in [-0.1, -0.05) is 23.2 Å². The minimum atomic E-state index is 0.0827. The van der Waals surface area contributed by atoms with Gasteiger partial charge in [0, 0.05) is 16.6 Å². The third kappa shape index (κ3) is 3.60. The van der Waals surface area contributed by atoms with Gasteiger partial charge in [0.25, 0.3) is 0 Å². The van der Waals surface area contributed by atoms with E-state index in [1.807, 2.05) is 23.6 Å². The molecule has 1 aliphatic heterocycles. The molecule has 30 heavy (non-hydrogen) atoms. The van der Waals surface area contributed by atoms with Gasteiger partial charge in [0.15, 0.2) is 11.5 Å². The zero-order valence-electron chi connectivity index (χ0n) is 16.1. The summed E-state index contributed by atoms with van der Waals surface area (Å²) in [5.74, 6) is 1.47. The first kappa shape index (κ1) is 20.5. The van der Waals surface area contributed by atoms with Crippen molar-refractivity contribution in [3.05, 3.63) is 62.6 Å². The summed E-state index contributed by atoms with van der Waals surface area (Å²) >= 11 is 13.5. The predicted molar refractivity (Wildman–Crippen MR) is 122 cm³/mol. The van der Waals surface area contributed by atoms with Gasteiger partial charge in [-0.2, -0.15) is 0 Å². The number of rotatable bonds is 5. The fourth-order valence-corrected chi connectivity index (χ4v) is 4.38. The molecule has 9 heteroatoms. The van der Waals surface area contributed by atoms with E-state index in [2.05, 4.69) is 4.98 Å². The molecule has 0 saturated carbocycles. The Balaban J connectivity index is 1.64. The molecule has 0 spiro atoms. The fraction of sp³-hybridized carbons (Fsp3) is 0.143. The Morgan fingerprint density at radius 3 is 2.53 bits per heavy atom. The van der Waals surface area contributed by atoms with Crippen LogP contribution >= 0.6 is 34.5 Å². The molecule has 2 N–H and O–H groups in total. The molecule has 3 aromatic rings. The maximum atomic E-state index is 10.6. The summed E-state index contributed by atoms with van der Waals surface area (Å²) in [5.41, 5.74) is 2.64. The Hall–Kier alpha value is -2.74. The number of hydrogen-bond donors (Lipinski definition) is 2. The van der Waals surface area contributed by atoms with Crippen LogP contribution in [-0.4, -0.2) is 36.7 Å². The van der Waals surface area contributed by atoms with Crippen LogP contribution in [0.3, 0.4) is 0 Å². The number of hydrogen-bond acceptors (Lipinski definition) is 6. The van der Waals surface area contributed by atoms with E-state index in [0.29, 0.717) is 37.8 Å². The molecule has 0 aliphatic carbocycles. The van der Waals surface area contributed by atoms with E-state index < -0.39 is 0 Å². The highest BCUT2D eigenvalue weighted by molar-refractivity contribution is 7.11. The maximum Gasteiger partial charge on any atom is 0.161 e. The number of halogens is 2. The molecular formula is C21H17Cl2N3O3S. The van der Waals surface area contributed by atoms with Gasteiger partial charge in [0.1, 0.15) is 16.6 Å². The molecule has 0 bridgehead atoms. The number of aliphatic hydroxyl groups excluding tert-OH is 1. The van der Waals surface area contributed by atoms with Crippen LogP contribution in [-0.2, 0) is 0 Å². The number of ether oxygens (including phenoxy) is 2. The number of nitrogens with zero attached hydrogens (tertiary/aromatic N) is 2. The molecule has 0 amide bonds. The van der Waals surface area contributed by atoms with Crippen molar-refractivity contribution in [3.8, 4) is 22.8 Å². The summed E-state index contributed by atoms with van der Waals surface area (Å²) < 4.78 is 10.6. The van der Waals surface area contributed by atoms with Crippen molar-refractivity contribution < 1.29 is 14.6 Å². The van der Waals surface area contributed by atoms with Crippen LogP contribution in [0.25, 0.3) is 16.8 Å². The third-order valence-electron chi connectivity index (χ3n) is 4.72. The number of aromatic nitrogens is 1. The van der Waals surface area contributed by atoms with Crippen LogP contribution in [0, 0.1) is 5.41 Å². The monoisotopic (exact) mass is 461 g/mol. The molecule has 4 rings (SSSR count). The average molecular weight is 462 g/mol. The van der Waals surface area contributed by atoms with Crippen molar-refractivity contribution in [2.24, 2.45) is 0 Å². The number of benzene rings is 2. The molecule has 1 aliphatic rings. The first-order valence-corrected chi connectivity index (χ1v) is 10.5. The quantitative estimate of drug-likeness (QED) is 0.494. The van der Waals surface area contributed by atoms with Gasteiger partial charge >= 0.3 is 0 Å². The number of methoxy groups -OCH3 is 2. The first-order chi connectivity index (χ1) is 14.4. The maximum absolute atomic E-state index is 10.6. The molecule has 0 fully saturated rings. The van der Waals surface area contributed by atoms with E-state index in [1.165, 1.54) is 11.3 Å². The van der Waals surface area contributed by atoms with Crippen LogP contribution in [0.4, 0.5) is 5.69 Å². The number of thiazole rings is 1. The van der Waals surface area contributed by atoms with Crippen molar-refractivity contribution >= 4 is 51.6 Å². The van der Waals surface area contributed by atoms with Crippen molar-refractivity contribution in [1.82, 2.24) is 4.98 Å². The summed E-state index contributed by atoms with van der Waals surface area (Å²) in [7, 11) is 3.16.